The van der Waals surface area contributed by atoms with Crippen molar-refractivity contribution in [3.63, 3.8) is 0 Å². The highest BCUT2D eigenvalue weighted by molar-refractivity contribution is 6.09. The van der Waals surface area contributed by atoms with Crippen molar-refractivity contribution < 1.29 is 9.90 Å². The van der Waals surface area contributed by atoms with Crippen LogP contribution in [0.5, 0.6) is 5.75 Å². The zero-order chi connectivity index (χ0) is 24.0. The minimum absolute atomic E-state index is 0.0688. The summed E-state index contributed by atoms with van der Waals surface area (Å²) in [5.74, 6) is 0.916. The largest absolute Gasteiger partial charge is 0.507 e. The van der Waals surface area contributed by atoms with E-state index in [1.54, 1.807) is 26.0 Å². The summed E-state index contributed by atoms with van der Waals surface area (Å²) in [4.78, 5) is 35.7. The number of aromatic amines is 1. The molecule has 1 aliphatic rings. The van der Waals surface area contributed by atoms with Crippen LogP contribution in [0.2, 0.25) is 0 Å². The van der Waals surface area contributed by atoms with E-state index in [0.29, 0.717) is 22.3 Å². The van der Waals surface area contributed by atoms with E-state index in [0.717, 1.165) is 48.5 Å². The Morgan fingerprint density at radius 3 is 2.35 bits per heavy atom. The van der Waals surface area contributed by atoms with E-state index in [4.69, 9.17) is 4.98 Å². The lowest BCUT2D eigenvalue weighted by Crippen LogP contribution is -2.37. The lowest BCUT2D eigenvalue weighted by molar-refractivity contribution is 0.103. The fourth-order valence-electron chi connectivity index (χ4n) is 4.99. The Balaban J connectivity index is 1.38. The Hall–Kier alpha value is -3.87. The number of imidazole rings is 1. The van der Waals surface area contributed by atoms with Gasteiger partial charge in [-0.1, -0.05) is 12.1 Å². The van der Waals surface area contributed by atoms with Gasteiger partial charge in [-0.15, -0.1) is 0 Å². The number of fused-ring (bicyclic) bond motifs is 1. The van der Waals surface area contributed by atoms with Crippen LogP contribution in [0.25, 0.3) is 11.0 Å². The molecular formula is C27H28N4O3. The first-order valence-electron chi connectivity index (χ1n) is 11.6. The number of carbonyl (C=O) groups excluding carboxylic acids is 1. The Morgan fingerprint density at radius 1 is 1.00 bits per heavy atom. The number of hydrogen-bond acceptors (Lipinski definition) is 5. The number of aromatic nitrogens is 3. The van der Waals surface area contributed by atoms with E-state index in [9.17, 15) is 14.7 Å². The third-order valence-corrected chi connectivity index (χ3v) is 6.73. The van der Waals surface area contributed by atoms with Crippen molar-refractivity contribution >= 4 is 22.6 Å². The van der Waals surface area contributed by atoms with Crippen molar-refractivity contribution in [1.29, 1.82) is 0 Å². The number of nitrogens with one attached hydrogen (secondary N) is 1. The second-order valence-electron chi connectivity index (χ2n) is 9.18. The lowest BCUT2D eigenvalue weighted by Gasteiger charge is -2.33. The number of anilines is 1. The number of phenolic OH excluding ortho intramolecular Hbond substituents is 1. The SMILES string of the molecule is Cc1cc(C(=O)c2cc(C)c(O)c(C)c2)cc(N2CCC(n3c(=O)[nH]c4ccccc43)CC2)n1. The number of carbonyl (C=O) groups is 1. The van der Waals surface area contributed by atoms with Gasteiger partial charge in [-0.25, -0.2) is 9.78 Å². The summed E-state index contributed by atoms with van der Waals surface area (Å²) in [6.45, 7) is 6.99. The van der Waals surface area contributed by atoms with E-state index in [1.807, 2.05) is 47.9 Å². The average Bonchev–Trinajstić information content (AvgIpc) is 3.17. The number of ketones is 1. The van der Waals surface area contributed by atoms with Crippen molar-refractivity contribution in [1.82, 2.24) is 14.5 Å². The van der Waals surface area contributed by atoms with Crippen LogP contribution < -0.4 is 10.6 Å². The van der Waals surface area contributed by atoms with Gasteiger partial charge < -0.3 is 15.0 Å². The molecule has 2 N–H and O–H groups in total. The van der Waals surface area contributed by atoms with Crippen LogP contribution in [0.15, 0.2) is 53.3 Å². The number of benzene rings is 2. The predicted octanol–water partition coefficient (Wildman–Crippen LogP) is 4.43. The fourth-order valence-corrected chi connectivity index (χ4v) is 4.99. The minimum atomic E-state index is -0.0850. The summed E-state index contributed by atoms with van der Waals surface area (Å²) in [7, 11) is 0. The molecule has 34 heavy (non-hydrogen) atoms. The zero-order valence-corrected chi connectivity index (χ0v) is 19.6. The lowest BCUT2D eigenvalue weighted by atomic mass is 9.98. The third kappa shape index (κ3) is 3.87. The number of rotatable bonds is 4. The molecule has 0 aliphatic carbocycles. The Labute approximate surface area is 197 Å². The molecule has 7 nitrogen and oxygen atoms in total. The first-order valence-corrected chi connectivity index (χ1v) is 11.6. The zero-order valence-electron chi connectivity index (χ0n) is 19.6. The topological polar surface area (TPSA) is 91.2 Å². The van der Waals surface area contributed by atoms with Crippen LogP contribution >= 0.6 is 0 Å². The molecule has 2 aromatic carbocycles. The molecule has 1 saturated heterocycles. The molecule has 5 rings (SSSR count). The molecule has 0 atom stereocenters. The van der Waals surface area contributed by atoms with Crippen LogP contribution in [0.4, 0.5) is 5.82 Å². The van der Waals surface area contributed by atoms with Gasteiger partial charge in [0.25, 0.3) is 0 Å². The summed E-state index contributed by atoms with van der Waals surface area (Å²) >= 11 is 0. The van der Waals surface area contributed by atoms with E-state index >= 15 is 0 Å². The van der Waals surface area contributed by atoms with Crippen LogP contribution in [-0.2, 0) is 0 Å². The number of H-pyrrole nitrogens is 1. The molecule has 7 heteroatoms. The summed E-state index contributed by atoms with van der Waals surface area (Å²) in [5.41, 5.74) is 5.02. The number of pyridine rings is 1. The maximum Gasteiger partial charge on any atom is 0.326 e. The third-order valence-electron chi connectivity index (χ3n) is 6.73. The van der Waals surface area contributed by atoms with Crippen LogP contribution in [0.3, 0.4) is 0 Å². The van der Waals surface area contributed by atoms with Gasteiger partial charge in [-0.3, -0.25) is 9.36 Å². The molecule has 2 aromatic heterocycles. The molecule has 174 valence electrons. The van der Waals surface area contributed by atoms with Gasteiger partial charge in [-0.05, 0) is 81.1 Å². The van der Waals surface area contributed by atoms with E-state index in [-0.39, 0.29) is 23.3 Å². The first-order chi connectivity index (χ1) is 16.3. The standard InChI is InChI=1S/C27H28N4O3/c1-16-12-19(13-17(2)25(16)32)26(33)20-14-18(3)28-24(15-20)30-10-8-21(9-11-30)31-23-7-5-4-6-22(23)29-27(31)34/h4-7,12-15,21,32H,8-11H2,1-3H3,(H,29,34). The number of hydrogen-bond donors (Lipinski definition) is 2. The molecule has 4 aromatic rings. The molecule has 0 saturated carbocycles. The van der Waals surface area contributed by atoms with Crippen molar-refractivity contribution in [3.05, 3.63) is 87.0 Å². The maximum absolute atomic E-state index is 13.2. The molecular weight excluding hydrogens is 428 g/mol. The van der Waals surface area contributed by atoms with Gasteiger partial charge >= 0.3 is 5.69 Å². The molecule has 0 bridgehead atoms. The average molecular weight is 457 g/mol. The van der Waals surface area contributed by atoms with E-state index in [1.165, 1.54) is 0 Å². The fraction of sp³-hybridized carbons (Fsp3) is 0.296. The summed E-state index contributed by atoms with van der Waals surface area (Å²) < 4.78 is 1.88. The minimum Gasteiger partial charge on any atom is -0.507 e. The number of phenols is 1. The molecule has 1 aliphatic heterocycles. The Kier molecular flexibility index (Phi) is 5.48. The molecule has 0 amide bonds. The molecule has 3 heterocycles. The highest BCUT2D eigenvalue weighted by atomic mass is 16.3. The highest BCUT2D eigenvalue weighted by Gasteiger charge is 2.25. The summed E-state index contributed by atoms with van der Waals surface area (Å²) in [5, 5.41) is 10.1. The summed E-state index contributed by atoms with van der Waals surface area (Å²) in [6, 6.07) is 15.0. The second-order valence-corrected chi connectivity index (χ2v) is 9.18. The van der Waals surface area contributed by atoms with Gasteiger partial charge in [0, 0.05) is 36.0 Å². The van der Waals surface area contributed by atoms with Crippen molar-refractivity contribution in [3.8, 4) is 5.75 Å². The van der Waals surface area contributed by atoms with Gasteiger partial charge in [0.05, 0.1) is 11.0 Å². The van der Waals surface area contributed by atoms with Crippen molar-refractivity contribution in [2.75, 3.05) is 18.0 Å². The van der Waals surface area contributed by atoms with Crippen LogP contribution in [0.1, 0.15) is 51.6 Å². The van der Waals surface area contributed by atoms with Gasteiger partial charge in [0.1, 0.15) is 11.6 Å². The highest BCUT2D eigenvalue weighted by Crippen LogP contribution is 2.29. The number of aryl methyl sites for hydroxylation is 3. The molecule has 0 spiro atoms. The van der Waals surface area contributed by atoms with Gasteiger partial charge in [0.2, 0.25) is 0 Å². The number of nitrogens with zero attached hydrogens (tertiary/aromatic N) is 3. The second kappa shape index (κ2) is 8.48. The van der Waals surface area contributed by atoms with E-state index in [2.05, 4.69) is 9.88 Å². The smallest absolute Gasteiger partial charge is 0.326 e. The summed E-state index contributed by atoms with van der Waals surface area (Å²) in [6.07, 6.45) is 1.63. The van der Waals surface area contributed by atoms with Crippen LogP contribution in [-0.4, -0.2) is 38.5 Å². The number of aromatic hydroxyl groups is 1. The number of para-hydroxylation sites is 2. The quantitative estimate of drug-likeness (QED) is 0.444. The normalized spacial score (nSPS) is 14.6. The van der Waals surface area contributed by atoms with Crippen molar-refractivity contribution in [2.45, 2.75) is 39.7 Å². The number of piperidine rings is 1. The van der Waals surface area contributed by atoms with Crippen molar-refractivity contribution in [2.24, 2.45) is 0 Å². The Bertz CT molecular complexity index is 1440. The molecule has 0 radical (unpaired) electrons. The Morgan fingerprint density at radius 2 is 1.65 bits per heavy atom. The maximum atomic E-state index is 13.2. The van der Waals surface area contributed by atoms with Crippen LogP contribution in [0, 0.1) is 20.8 Å². The van der Waals surface area contributed by atoms with Gasteiger partial charge in [0.15, 0.2) is 5.78 Å². The molecule has 0 unspecified atom stereocenters. The van der Waals surface area contributed by atoms with Gasteiger partial charge in [-0.2, -0.15) is 0 Å². The van der Waals surface area contributed by atoms with E-state index < -0.39 is 0 Å². The monoisotopic (exact) mass is 456 g/mol. The first kappa shape index (κ1) is 21.9. The predicted molar refractivity (Wildman–Crippen MR) is 133 cm³/mol. The molecule has 1 fully saturated rings.